The molecular weight excluding hydrogens is 456 g/mol. The summed E-state index contributed by atoms with van der Waals surface area (Å²) in [5.74, 6) is 1.08. The largest absolute Gasteiger partial charge is 0.493 e. The minimum atomic E-state index is -3.71. The summed E-state index contributed by atoms with van der Waals surface area (Å²) in [6.07, 6.45) is 0.840. The molecule has 0 spiro atoms. The van der Waals surface area contributed by atoms with E-state index in [-0.39, 0.29) is 34.8 Å². The number of ether oxygens (including phenoxy) is 3. The number of piperidine rings is 1. The molecule has 0 unspecified atom stereocenters. The molecule has 3 rings (SSSR count). The van der Waals surface area contributed by atoms with E-state index in [1.165, 1.54) is 23.5 Å². The van der Waals surface area contributed by atoms with Crippen molar-refractivity contribution in [3.05, 3.63) is 41.4 Å². The Morgan fingerprint density at radius 3 is 2.31 bits per heavy atom. The van der Waals surface area contributed by atoms with Gasteiger partial charge in [0.1, 0.15) is 5.75 Å². The van der Waals surface area contributed by atoms with Gasteiger partial charge in [0.05, 0.1) is 30.7 Å². The van der Waals surface area contributed by atoms with Gasteiger partial charge < -0.3 is 19.5 Å². The third-order valence-electron chi connectivity index (χ3n) is 5.32. The number of anilines is 1. The Bertz CT molecular complexity index is 1070. The third-order valence-corrected chi connectivity index (χ3v) is 7.51. The van der Waals surface area contributed by atoms with Gasteiger partial charge in [-0.05, 0) is 50.1 Å². The van der Waals surface area contributed by atoms with Crippen LogP contribution in [0.3, 0.4) is 0 Å². The number of nitrogens with one attached hydrogen (secondary N) is 1. The lowest BCUT2D eigenvalue weighted by Crippen LogP contribution is -2.41. The van der Waals surface area contributed by atoms with E-state index in [2.05, 4.69) is 5.32 Å². The first-order valence-corrected chi connectivity index (χ1v) is 12.1. The van der Waals surface area contributed by atoms with E-state index in [1.54, 1.807) is 31.4 Å². The number of sulfonamides is 1. The second kappa shape index (κ2) is 10.4. The van der Waals surface area contributed by atoms with Gasteiger partial charge >= 0.3 is 0 Å². The van der Waals surface area contributed by atoms with Gasteiger partial charge in [-0.15, -0.1) is 0 Å². The molecule has 0 saturated carbocycles. The molecule has 1 fully saturated rings. The summed E-state index contributed by atoms with van der Waals surface area (Å²) >= 11 is 6.16. The first-order valence-electron chi connectivity index (χ1n) is 10.3. The number of hydrogen-bond acceptors (Lipinski definition) is 6. The number of rotatable bonds is 8. The molecule has 8 nitrogen and oxygen atoms in total. The molecule has 0 radical (unpaired) electrons. The van der Waals surface area contributed by atoms with Crippen molar-refractivity contribution >= 4 is 33.2 Å². The molecule has 1 aliphatic rings. The van der Waals surface area contributed by atoms with Crippen LogP contribution in [0.4, 0.5) is 5.69 Å². The Kier molecular flexibility index (Phi) is 7.86. The van der Waals surface area contributed by atoms with E-state index in [0.29, 0.717) is 42.4 Å². The molecule has 1 N–H and O–H groups in total. The van der Waals surface area contributed by atoms with Crippen LogP contribution in [-0.4, -0.2) is 52.5 Å². The van der Waals surface area contributed by atoms with Crippen LogP contribution < -0.4 is 19.5 Å². The molecule has 32 heavy (non-hydrogen) atoms. The van der Waals surface area contributed by atoms with Crippen molar-refractivity contribution in [2.45, 2.75) is 24.7 Å². The van der Waals surface area contributed by atoms with E-state index in [4.69, 9.17) is 25.8 Å². The molecule has 1 saturated heterocycles. The Hall–Kier alpha value is -2.49. The van der Waals surface area contributed by atoms with E-state index in [9.17, 15) is 13.2 Å². The predicted molar refractivity (Wildman–Crippen MR) is 122 cm³/mol. The van der Waals surface area contributed by atoms with Crippen LogP contribution in [0.5, 0.6) is 17.2 Å². The number of carbonyl (C=O) groups excluding carboxylic acids is 1. The molecule has 0 bridgehead atoms. The van der Waals surface area contributed by atoms with Crippen LogP contribution in [0.25, 0.3) is 0 Å². The van der Waals surface area contributed by atoms with Crippen molar-refractivity contribution in [3.63, 3.8) is 0 Å². The second-order valence-electron chi connectivity index (χ2n) is 7.26. The lowest BCUT2D eigenvalue weighted by atomic mass is 9.97. The highest BCUT2D eigenvalue weighted by Gasteiger charge is 2.32. The zero-order chi connectivity index (χ0) is 23.3. The van der Waals surface area contributed by atoms with Gasteiger partial charge in [0.15, 0.2) is 11.5 Å². The first-order chi connectivity index (χ1) is 15.3. The maximum absolute atomic E-state index is 13.0. The topological polar surface area (TPSA) is 94.2 Å². The Balaban J connectivity index is 1.63. The van der Waals surface area contributed by atoms with E-state index < -0.39 is 10.0 Å². The van der Waals surface area contributed by atoms with Crippen molar-refractivity contribution in [2.24, 2.45) is 5.92 Å². The number of amides is 1. The van der Waals surface area contributed by atoms with E-state index >= 15 is 0 Å². The summed E-state index contributed by atoms with van der Waals surface area (Å²) in [5, 5.41) is 3.12. The molecule has 174 valence electrons. The van der Waals surface area contributed by atoms with Gasteiger partial charge in [0.25, 0.3) is 0 Å². The molecule has 10 heteroatoms. The smallest absolute Gasteiger partial charge is 0.243 e. The molecule has 0 aliphatic carbocycles. The number of carbonyl (C=O) groups is 1. The van der Waals surface area contributed by atoms with Crippen LogP contribution in [0, 0.1) is 5.92 Å². The summed E-state index contributed by atoms with van der Waals surface area (Å²) in [7, 11) is -0.644. The maximum atomic E-state index is 13.0. The van der Waals surface area contributed by atoms with Crippen LogP contribution in [0.15, 0.2) is 41.3 Å². The number of nitrogens with zero attached hydrogens (tertiary/aromatic N) is 1. The molecule has 1 heterocycles. The van der Waals surface area contributed by atoms with Gasteiger partial charge in [0.2, 0.25) is 15.9 Å². The maximum Gasteiger partial charge on any atom is 0.243 e. The summed E-state index contributed by atoms with van der Waals surface area (Å²) in [6, 6.07) is 9.58. The minimum absolute atomic E-state index is 0.110. The van der Waals surface area contributed by atoms with Crippen LogP contribution in [0.2, 0.25) is 5.02 Å². The van der Waals surface area contributed by atoms with Gasteiger partial charge in [-0.3, -0.25) is 4.79 Å². The standard InChI is InChI=1S/C22H27ClN2O6S/c1-4-31-19-8-6-17(14-18(19)23)32(27,28)25-11-9-15(10-12-25)22(26)24-16-5-7-20(29-2)21(13-16)30-3/h5-8,13-15H,4,9-12H2,1-3H3,(H,24,26). The summed E-state index contributed by atoms with van der Waals surface area (Å²) in [4.78, 5) is 12.8. The fourth-order valence-corrected chi connectivity index (χ4v) is 5.38. The lowest BCUT2D eigenvalue weighted by molar-refractivity contribution is -0.120. The molecule has 1 amide bonds. The van der Waals surface area contributed by atoms with E-state index in [0.717, 1.165) is 0 Å². The van der Waals surface area contributed by atoms with E-state index in [1.807, 2.05) is 6.92 Å². The fourth-order valence-electron chi connectivity index (χ4n) is 3.58. The van der Waals surface area contributed by atoms with Crippen LogP contribution in [-0.2, 0) is 14.8 Å². The summed E-state index contributed by atoms with van der Waals surface area (Å²) < 4.78 is 43.2. The quantitative estimate of drug-likeness (QED) is 0.615. The summed E-state index contributed by atoms with van der Waals surface area (Å²) in [5.41, 5.74) is 0.590. The number of methoxy groups -OCH3 is 2. The minimum Gasteiger partial charge on any atom is -0.493 e. The average Bonchev–Trinajstić information content (AvgIpc) is 2.80. The molecule has 1 aliphatic heterocycles. The van der Waals surface area contributed by atoms with Crippen LogP contribution >= 0.6 is 11.6 Å². The molecule has 0 atom stereocenters. The van der Waals surface area contributed by atoms with Crippen molar-refractivity contribution in [2.75, 3.05) is 39.2 Å². The Morgan fingerprint density at radius 1 is 1.06 bits per heavy atom. The van der Waals surface area contributed by atoms with Crippen molar-refractivity contribution in [3.8, 4) is 17.2 Å². The van der Waals surface area contributed by atoms with Gasteiger partial charge in [-0.1, -0.05) is 11.6 Å². The Labute approximate surface area is 193 Å². The van der Waals surface area contributed by atoms with Crippen molar-refractivity contribution in [1.29, 1.82) is 0 Å². The summed E-state index contributed by atoms with van der Waals surface area (Å²) in [6.45, 7) is 2.76. The predicted octanol–water partition coefficient (Wildman–Crippen LogP) is 3.80. The molecule has 2 aromatic carbocycles. The number of benzene rings is 2. The number of hydrogen-bond donors (Lipinski definition) is 1. The normalized spacial score (nSPS) is 15.2. The number of halogens is 1. The van der Waals surface area contributed by atoms with Crippen molar-refractivity contribution in [1.82, 2.24) is 4.31 Å². The zero-order valence-electron chi connectivity index (χ0n) is 18.3. The van der Waals surface area contributed by atoms with Gasteiger partial charge in [-0.2, -0.15) is 4.31 Å². The van der Waals surface area contributed by atoms with Crippen LogP contribution in [0.1, 0.15) is 19.8 Å². The average molecular weight is 483 g/mol. The highest BCUT2D eigenvalue weighted by molar-refractivity contribution is 7.89. The highest BCUT2D eigenvalue weighted by Crippen LogP contribution is 2.32. The van der Waals surface area contributed by atoms with Crippen molar-refractivity contribution < 1.29 is 27.4 Å². The zero-order valence-corrected chi connectivity index (χ0v) is 19.8. The SMILES string of the molecule is CCOc1ccc(S(=O)(=O)N2CCC(C(=O)Nc3ccc(OC)c(OC)c3)CC2)cc1Cl. The molecule has 0 aromatic heterocycles. The second-order valence-corrected chi connectivity index (χ2v) is 9.61. The molecular formula is C22H27ClN2O6S. The van der Waals surface area contributed by atoms with Gasteiger partial charge in [-0.25, -0.2) is 8.42 Å². The fraction of sp³-hybridized carbons (Fsp3) is 0.409. The Morgan fingerprint density at radius 2 is 1.72 bits per heavy atom. The lowest BCUT2D eigenvalue weighted by Gasteiger charge is -2.30. The molecule has 2 aromatic rings. The highest BCUT2D eigenvalue weighted by atomic mass is 35.5. The first kappa shape index (κ1) is 24.2. The third kappa shape index (κ3) is 5.28. The monoisotopic (exact) mass is 482 g/mol. The van der Waals surface area contributed by atoms with Gasteiger partial charge in [0, 0.05) is 30.8 Å².